The van der Waals surface area contributed by atoms with Gasteiger partial charge in [0.1, 0.15) is 11.1 Å². The second kappa shape index (κ2) is 3.19. The van der Waals surface area contributed by atoms with Crippen LogP contribution in [-0.2, 0) is 6.18 Å². The Bertz CT molecular complexity index is 656. The largest absolute Gasteiger partial charge is 0.433 e. The second-order valence-corrected chi connectivity index (χ2v) is 2.89. The first-order valence-corrected chi connectivity index (χ1v) is 3.99. The summed E-state index contributed by atoms with van der Waals surface area (Å²) in [5.74, 6) is -1.15. The number of aromatic amines is 1. The van der Waals surface area contributed by atoms with Crippen LogP contribution < -0.4 is 11.4 Å². The molecule has 5 nitrogen and oxygen atoms in total. The molecular weight excluding hydrogens is 229 g/mol. The lowest BCUT2D eigenvalue weighted by Crippen LogP contribution is -2.17. The average molecular weight is 232 g/mol. The van der Waals surface area contributed by atoms with E-state index in [9.17, 15) is 22.8 Å². The summed E-state index contributed by atoms with van der Waals surface area (Å²) in [6.07, 6.45) is -4.64. The van der Waals surface area contributed by atoms with E-state index >= 15 is 0 Å². The molecule has 0 atom stereocenters. The second-order valence-electron chi connectivity index (χ2n) is 2.89. The number of alkyl halides is 3. The first-order valence-electron chi connectivity index (χ1n) is 3.99. The summed E-state index contributed by atoms with van der Waals surface area (Å²) < 4.78 is 40.9. The highest BCUT2D eigenvalue weighted by atomic mass is 19.4. The number of hydrogen-bond acceptors (Lipinski definition) is 4. The summed E-state index contributed by atoms with van der Waals surface area (Å²) in [6.45, 7) is 0. The van der Waals surface area contributed by atoms with Gasteiger partial charge in [-0.15, -0.1) is 0 Å². The highest BCUT2D eigenvalue weighted by Crippen LogP contribution is 2.27. The molecule has 16 heavy (non-hydrogen) atoms. The molecule has 0 spiro atoms. The number of hydrogen-bond donors (Lipinski definition) is 1. The van der Waals surface area contributed by atoms with Gasteiger partial charge >= 0.3 is 17.6 Å². The molecule has 0 aliphatic heterocycles. The van der Waals surface area contributed by atoms with Crippen molar-refractivity contribution in [3.05, 3.63) is 38.8 Å². The van der Waals surface area contributed by atoms with E-state index in [0.717, 1.165) is 6.07 Å². The Balaban J connectivity index is 2.82. The highest BCUT2D eigenvalue weighted by Gasteiger charge is 2.32. The van der Waals surface area contributed by atoms with Crippen LogP contribution in [0.4, 0.5) is 13.2 Å². The van der Waals surface area contributed by atoms with Crippen LogP contribution in [0.15, 0.2) is 26.1 Å². The predicted octanol–water partition coefficient (Wildman–Crippen LogP) is 0.895. The predicted molar refractivity (Wildman–Crippen MR) is 45.9 cm³/mol. The zero-order chi connectivity index (χ0) is 11.9. The van der Waals surface area contributed by atoms with E-state index in [2.05, 4.69) is 9.40 Å². The third kappa shape index (κ3) is 1.69. The van der Waals surface area contributed by atoms with Crippen LogP contribution in [0.2, 0.25) is 0 Å². The molecule has 0 saturated heterocycles. The van der Waals surface area contributed by atoms with Gasteiger partial charge in [0.25, 0.3) is 0 Å². The minimum absolute atomic E-state index is 0.215. The fraction of sp³-hybridized carbons (Fsp3) is 0.125. The molecule has 0 aliphatic rings. The van der Waals surface area contributed by atoms with Crippen molar-refractivity contribution in [2.45, 2.75) is 6.18 Å². The van der Waals surface area contributed by atoms with Gasteiger partial charge in [-0.25, -0.2) is 14.6 Å². The van der Waals surface area contributed by atoms with Gasteiger partial charge in [-0.2, -0.15) is 13.2 Å². The van der Waals surface area contributed by atoms with E-state index in [1.165, 1.54) is 0 Å². The van der Waals surface area contributed by atoms with Crippen LogP contribution in [-0.4, -0.2) is 9.97 Å². The van der Waals surface area contributed by atoms with Gasteiger partial charge < -0.3 is 4.42 Å². The molecule has 0 fully saturated rings. The van der Waals surface area contributed by atoms with E-state index in [-0.39, 0.29) is 5.39 Å². The molecule has 0 radical (unpaired) electrons. The first-order chi connectivity index (χ1) is 7.38. The van der Waals surface area contributed by atoms with E-state index < -0.39 is 28.9 Å². The number of pyridine rings is 1. The Labute approximate surface area is 84.5 Å². The Hall–Kier alpha value is -2.12. The van der Waals surface area contributed by atoms with Crippen LogP contribution in [0, 0.1) is 0 Å². The zero-order valence-corrected chi connectivity index (χ0v) is 7.46. The zero-order valence-electron chi connectivity index (χ0n) is 7.46. The molecule has 2 aromatic rings. The summed E-state index contributed by atoms with van der Waals surface area (Å²) in [5, 5.41) is -0.215. The number of aromatic nitrogens is 2. The molecule has 2 heterocycles. The maximum atomic E-state index is 12.3. The average Bonchev–Trinajstić information content (AvgIpc) is 2.15. The lowest BCUT2D eigenvalue weighted by atomic mass is 10.3. The van der Waals surface area contributed by atoms with Crippen molar-refractivity contribution in [2.24, 2.45) is 0 Å². The van der Waals surface area contributed by atoms with Crippen molar-refractivity contribution in [3.63, 3.8) is 0 Å². The summed E-state index contributed by atoms with van der Waals surface area (Å²) >= 11 is 0. The minimum atomic E-state index is -4.64. The van der Waals surface area contributed by atoms with Gasteiger partial charge in [-0.05, 0) is 12.1 Å². The standard InChI is InChI=1S/C8H3F3N2O3/c9-8(10,11)4-2-1-3-5(12-4)13-7(15)16-6(3)14/h1-2H,(H,12,13,15). The van der Waals surface area contributed by atoms with Crippen molar-refractivity contribution < 1.29 is 17.6 Å². The van der Waals surface area contributed by atoms with E-state index in [0.29, 0.717) is 6.07 Å². The van der Waals surface area contributed by atoms with Crippen molar-refractivity contribution in [1.29, 1.82) is 0 Å². The smallest absolute Gasteiger partial charge is 0.372 e. The minimum Gasteiger partial charge on any atom is -0.372 e. The summed E-state index contributed by atoms with van der Waals surface area (Å²) in [4.78, 5) is 26.8. The Morgan fingerprint density at radius 2 is 1.94 bits per heavy atom. The Morgan fingerprint density at radius 3 is 2.56 bits per heavy atom. The fourth-order valence-electron chi connectivity index (χ4n) is 1.14. The van der Waals surface area contributed by atoms with Gasteiger partial charge in [0.05, 0.1) is 0 Å². The van der Waals surface area contributed by atoms with E-state index in [4.69, 9.17) is 0 Å². The molecule has 2 rings (SSSR count). The fourth-order valence-corrected chi connectivity index (χ4v) is 1.14. The van der Waals surface area contributed by atoms with Crippen LogP contribution >= 0.6 is 0 Å². The Morgan fingerprint density at radius 1 is 1.25 bits per heavy atom. The van der Waals surface area contributed by atoms with Crippen molar-refractivity contribution in [2.75, 3.05) is 0 Å². The van der Waals surface area contributed by atoms with Crippen LogP contribution in [0.5, 0.6) is 0 Å². The first kappa shape index (κ1) is 10.4. The quantitative estimate of drug-likeness (QED) is 0.731. The highest BCUT2D eigenvalue weighted by molar-refractivity contribution is 5.72. The molecule has 0 saturated carbocycles. The number of nitrogens with one attached hydrogen (secondary N) is 1. The molecular formula is C8H3F3N2O3. The maximum Gasteiger partial charge on any atom is 0.433 e. The van der Waals surface area contributed by atoms with Crippen molar-refractivity contribution in [3.8, 4) is 0 Å². The van der Waals surface area contributed by atoms with Gasteiger partial charge in [0, 0.05) is 0 Å². The van der Waals surface area contributed by atoms with Gasteiger partial charge in [0.2, 0.25) is 0 Å². The lowest BCUT2D eigenvalue weighted by Gasteiger charge is -2.05. The third-order valence-corrected chi connectivity index (χ3v) is 1.81. The molecule has 0 unspecified atom stereocenters. The maximum absolute atomic E-state index is 12.3. The van der Waals surface area contributed by atoms with Crippen molar-refractivity contribution in [1.82, 2.24) is 9.97 Å². The number of H-pyrrole nitrogens is 1. The Kier molecular flexibility index (Phi) is 2.07. The molecule has 0 amide bonds. The SMILES string of the molecule is O=c1[nH]c2nc(C(F)(F)F)ccc2c(=O)o1. The number of halogens is 3. The number of nitrogens with zero attached hydrogens (tertiary/aromatic N) is 1. The number of rotatable bonds is 0. The molecule has 84 valence electrons. The molecule has 8 heteroatoms. The van der Waals surface area contributed by atoms with Crippen molar-refractivity contribution >= 4 is 11.0 Å². The number of fused-ring (bicyclic) bond motifs is 1. The van der Waals surface area contributed by atoms with E-state index in [1.807, 2.05) is 4.98 Å². The molecule has 2 aromatic heterocycles. The van der Waals surface area contributed by atoms with Gasteiger partial charge in [-0.1, -0.05) is 0 Å². The summed E-state index contributed by atoms with van der Waals surface area (Å²) in [5.41, 5.74) is -2.67. The molecule has 0 aromatic carbocycles. The summed E-state index contributed by atoms with van der Waals surface area (Å²) in [7, 11) is 0. The van der Waals surface area contributed by atoms with Crippen LogP contribution in [0.1, 0.15) is 5.69 Å². The monoisotopic (exact) mass is 232 g/mol. The van der Waals surface area contributed by atoms with Gasteiger partial charge in [-0.3, -0.25) is 4.98 Å². The molecule has 0 bridgehead atoms. The topological polar surface area (TPSA) is 76.0 Å². The third-order valence-electron chi connectivity index (χ3n) is 1.81. The van der Waals surface area contributed by atoms with Crippen LogP contribution in [0.3, 0.4) is 0 Å². The normalized spacial score (nSPS) is 11.9. The van der Waals surface area contributed by atoms with Crippen LogP contribution in [0.25, 0.3) is 11.0 Å². The molecule has 1 N–H and O–H groups in total. The summed E-state index contributed by atoms with van der Waals surface area (Å²) in [6, 6.07) is 1.53. The van der Waals surface area contributed by atoms with E-state index in [1.54, 1.807) is 0 Å². The lowest BCUT2D eigenvalue weighted by molar-refractivity contribution is -0.141. The van der Waals surface area contributed by atoms with Gasteiger partial charge in [0.15, 0.2) is 5.65 Å². The molecule has 0 aliphatic carbocycles.